The van der Waals surface area contributed by atoms with Gasteiger partial charge in [0.15, 0.2) is 0 Å². The number of hydrogen-bond donors (Lipinski definition) is 3. The van der Waals surface area contributed by atoms with Gasteiger partial charge >= 0.3 is 6.03 Å². The van der Waals surface area contributed by atoms with Crippen LogP contribution in [-0.2, 0) is 11.4 Å². The Balaban J connectivity index is 1.84. The highest BCUT2D eigenvalue weighted by atomic mass is 16.7. The van der Waals surface area contributed by atoms with Crippen LogP contribution in [0.15, 0.2) is 36.7 Å². The summed E-state index contributed by atoms with van der Waals surface area (Å²) in [5, 5.41) is 21.0. The van der Waals surface area contributed by atoms with Crippen molar-refractivity contribution in [3.8, 4) is 0 Å². The average Bonchev–Trinajstić information content (AvgIpc) is 2.96. The highest BCUT2D eigenvalue weighted by molar-refractivity contribution is 5.99. The van der Waals surface area contributed by atoms with E-state index >= 15 is 0 Å². The summed E-state index contributed by atoms with van der Waals surface area (Å²) in [7, 11) is 3.27. The Bertz CT molecular complexity index is 656. The molecule has 8 heteroatoms. The minimum Gasteiger partial charge on any atom is -0.390 e. The van der Waals surface area contributed by atoms with Crippen LogP contribution in [0.5, 0.6) is 0 Å². The van der Waals surface area contributed by atoms with E-state index in [1.165, 1.54) is 18.4 Å². The van der Waals surface area contributed by atoms with Crippen LogP contribution in [0.4, 0.5) is 16.2 Å². The van der Waals surface area contributed by atoms with E-state index < -0.39 is 6.10 Å². The van der Waals surface area contributed by atoms with Gasteiger partial charge in [0.2, 0.25) is 0 Å². The standard InChI is InChI=1S/C16H23N5O3/c1-12-4-6-13(7-5-12)18-16(23)19-14-8-17-21(9-14)11-15(22)10-20(2)24-3/h4-9,15,22H,10-11H2,1-3H3,(H2,18,19,23). The number of aromatic nitrogens is 2. The second-order valence-electron chi connectivity index (χ2n) is 5.54. The predicted octanol–water partition coefficient (Wildman–Crippen LogP) is 1.69. The van der Waals surface area contributed by atoms with Gasteiger partial charge in [-0.2, -0.15) is 10.2 Å². The molecule has 0 spiro atoms. The molecule has 0 aliphatic heterocycles. The number of nitrogens with one attached hydrogen (secondary N) is 2. The van der Waals surface area contributed by atoms with Gasteiger partial charge in [-0.05, 0) is 19.1 Å². The Morgan fingerprint density at radius 1 is 1.33 bits per heavy atom. The molecule has 0 bridgehead atoms. The van der Waals surface area contributed by atoms with Crippen molar-refractivity contribution in [2.75, 3.05) is 31.3 Å². The van der Waals surface area contributed by atoms with Crippen LogP contribution in [0.3, 0.4) is 0 Å². The molecule has 0 fully saturated rings. The summed E-state index contributed by atoms with van der Waals surface area (Å²) in [5.41, 5.74) is 2.38. The van der Waals surface area contributed by atoms with Crippen LogP contribution in [0.25, 0.3) is 0 Å². The van der Waals surface area contributed by atoms with Crippen molar-refractivity contribution in [3.05, 3.63) is 42.2 Å². The van der Waals surface area contributed by atoms with Crippen molar-refractivity contribution in [2.45, 2.75) is 19.6 Å². The second-order valence-corrected chi connectivity index (χ2v) is 5.54. The minimum atomic E-state index is -0.635. The molecule has 1 heterocycles. The zero-order valence-electron chi connectivity index (χ0n) is 14.1. The lowest BCUT2D eigenvalue weighted by Crippen LogP contribution is -2.31. The Morgan fingerprint density at radius 3 is 2.67 bits per heavy atom. The molecule has 3 N–H and O–H groups in total. The maximum absolute atomic E-state index is 12.0. The first-order valence-corrected chi connectivity index (χ1v) is 7.56. The van der Waals surface area contributed by atoms with Crippen LogP contribution in [0, 0.1) is 6.92 Å². The summed E-state index contributed by atoms with van der Waals surface area (Å²) in [6, 6.07) is 7.16. The van der Waals surface area contributed by atoms with E-state index in [0.717, 1.165) is 5.56 Å². The molecule has 0 saturated heterocycles. The zero-order chi connectivity index (χ0) is 17.5. The molecule has 2 amide bonds. The molecule has 8 nitrogen and oxygen atoms in total. The molecule has 0 radical (unpaired) electrons. The third-order valence-electron chi connectivity index (χ3n) is 3.38. The number of carbonyl (C=O) groups is 1. The monoisotopic (exact) mass is 333 g/mol. The molecule has 24 heavy (non-hydrogen) atoms. The van der Waals surface area contributed by atoms with Crippen molar-refractivity contribution >= 4 is 17.4 Å². The fourth-order valence-electron chi connectivity index (χ4n) is 2.10. The van der Waals surface area contributed by atoms with Gasteiger partial charge in [0.25, 0.3) is 0 Å². The number of anilines is 2. The molecule has 1 aromatic carbocycles. The van der Waals surface area contributed by atoms with Gasteiger partial charge in [-0.3, -0.25) is 4.68 Å². The summed E-state index contributed by atoms with van der Waals surface area (Å²) in [6.07, 6.45) is 2.55. The fraction of sp³-hybridized carbons (Fsp3) is 0.375. The number of hydroxylamine groups is 2. The summed E-state index contributed by atoms with van der Waals surface area (Å²) in [5.74, 6) is 0. The van der Waals surface area contributed by atoms with Crippen LogP contribution >= 0.6 is 0 Å². The number of aliphatic hydroxyl groups excluding tert-OH is 1. The summed E-state index contributed by atoms with van der Waals surface area (Å²) in [4.78, 5) is 16.9. The molecule has 0 aliphatic rings. The number of hydrogen-bond acceptors (Lipinski definition) is 5. The van der Waals surface area contributed by atoms with E-state index in [2.05, 4.69) is 15.7 Å². The molecule has 2 aromatic rings. The van der Waals surface area contributed by atoms with Gasteiger partial charge in [-0.25, -0.2) is 4.79 Å². The molecular formula is C16H23N5O3. The van der Waals surface area contributed by atoms with E-state index in [9.17, 15) is 9.90 Å². The number of amides is 2. The number of aryl methyl sites for hydroxylation is 1. The Kier molecular flexibility index (Phi) is 6.30. The minimum absolute atomic E-state index is 0.301. The fourth-order valence-corrected chi connectivity index (χ4v) is 2.10. The van der Waals surface area contributed by atoms with Crippen LogP contribution in [0.2, 0.25) is 0 Å². The molecule has 1 atom stereocenters. The van der Waals surface area contributed by atoms with Crippen molar-refractivity contribution in [2.24, 2.45) is 0 Å². The number of nitrogens with zero attached hydrogens (tertiary/aromatic N) is 3. The van der Waals surface area contributed by atoms with Gasteiger partial charge in [-0.1, -0.05) is 17.7 Å². The van der Waals surface area contributed by atoms with E-state index in [1.807, 2.05) is 31.2 Å². The molecule has 130 valence electrons. The summed E-state index contributed by atoms with van der Waals surface area (Å²) in [6.45, 7) is 2.64. The lowest BCUT2D eigenvalue weighted by molar-refractivity contribution is -0.129. The maximum atomic E-state index is 12.0. The highest BCUT2D eigenvalue weighted by Crippen LogP contribution is 2.10. The third kappa shape index (κ3) is 5.65. The molecule has 0 aliphatic carbocycles. The molecule has 1 aromatic heterocycles. The maximum Gasteiger partial charge on any atom is 0.323 e. The first-order valence-electron chi connectivity index (χ1n) is 7.56. The Labute approximate surface area is 141 Å². The topological polar surface area (TPSA) is 91.7 Å². The third-order valence-corrected chi connectivity index (χ3v) is 3.38. The number of urea groups is 1. The van der Waals surface area contributed by atoms with Gasteiger partial charge in [0, 0.05) is 18.9 Å². The number of benzene rings is 1. The lowest BCUT2D eigenvalue weighted by atomic mass is 10.2. The van der Waals surface area contributed by atoms with E-state index in [4.69, 9.17) is 4.84 Å². The van der Waals surface area contributed by atoms with E-state index in [-0.39, 0.29) is 6.03 Å². The number of rotatable bonds is 7. The lowest BCUT2D eigenvalue weighted by Gasteiger charge is -2.17. The zero-order valence-corrected chi connectivity index (χ0v) is 14.1. The normalized spacial score (nSPS) is 12.2. The number of carbonyl (C=O) groups excluding carboxylic acids is 1. The Hall–Kier alpha value is -2.42. The first kappa shape index (κ1) is 17.9. The molecule has 1 unspecified atom stereocenters. The average molecular weight is 333 g/mol. The van der Waals surface area contributed by atoms with Crippen molar-refractivity contribution in [3.63, 3.8) is 0 Å². The van der Waals surface area contributed by atoms with E-state index in [0.29, 0.717) is 24.5 Å². The molecule has 2 rings (SSSR count). The molecule has 0 saturated carbocycles. The SMILES string of the molecule is CON(C)CC(O)Cn1cc(NC(=O)Nc2ccc(C)cc2)cn1. The van der Waals surface area contributed by atoms with Gasteiger partial charge < -0.3 is 20.6 Å². The second kappa shape index (κ2) is 8.44. The predicted molar refractivity (Wildman–Crippen MR) is 91.7 cm³/mol. The van der Waals surface area contributed by atoms with Gasteiger partial charge in [-0.15, -0.1) is 0 Å². The van der Waals surface area contributed by atoms with Crippen molar-refractivity contribution in [1.82, 2.24) is 14.8 Å². The Morgan fingerprint density at radius 2 is 2.00 bits per heavy atom. The van der Waals surface area contributed by atoms with Crippen LogP contribution in [-0.4, -0.2) is 52.8 Å². The van der Waals surface area contributed by atoms with Crippen LogP contribution in [0.1, 0.15) is 5.56 Å². The first-order chi connectivity index (χ1) is 11.5. The van der Waals surface area contributed by atoms with Gasteiger partial charge in [0.05, 0.1) is 38.2 Å². The van der Waals surface area contributed by atoms with Gasteiger partial charge in [0.1, 0.15) is 0 Å². The summed E-state index contributed by atoms with van der Waals surface area (Å²) >= 11 is 0. The van der Waals surface area contributed by atoms with Crippen LogP contribution < -0.4 is 10.6 Å². The van der Waals surface area contributed by atoms with E-state index in [1.54, 1.807) is 17.9 Å². The number of aliphatic hydroxyl groups is 1. The van der Waals surface area contributed by atoms with Crippen molar-refractivity contribution < 1.29 is 14.7 Å². The quantitative estimate of drug-likeness (QED) is 0.671. The molecular weight excluding hydrogens is 310 g/mol. The summed E-state index contributed by atoms with van der Waals surface area (Å²) < 4.78 is 1.57. The highest BCUT2D eigenvalue weighted by Gasteiger charge is 2.10. The largest absolute Gasteiger partial charge is 0.390 e. The number of likely N-dealkylation sites (N-methyl/N-ethyl adjacent to an activating group) is 1. The van der Waals surface area contributed by atoms with Crippen molar-refractivity contribution in [1.29, 1.82) is 0 Å². The smallest absolute Gasteiger partial charge is 0.323 e.